The van der Waals surface area contributed by atoms with E-state index in [-0.39, 0.29) is 11.9 Å². The van der Waals surface area contributed by atoms with Crippen molar-refractivity contribution in [2.24, 2.45) is 0 Å². The van der Waals surface area contributed by atoms with Gasteiger partial charge in [-0.2, -0.15) is 0 Å². The largest absolute Gasteiger partial charge is 0.375 e. The van der Waals surface area contributed by atoms with Crippen LogP contribution in [0.4, 0.5) is 4.39 Å². The van der Waals surface area contributed by atoms with Crippen molar-refractivity contribution < 1.29 is 9.13 Å². The molecule has 0 radical (unpaired) electrons. The quantitative estimate of drug-likeness (QED) is 0.863. The Morgan fingerprint density at radius 1 is 1.00 bits per heavy atom. The van der Waals surface area contributed by atoms with Crippen molar-refractivity contribution in [1.82, 2.24) is 4.90 Å². The molecule has 4 rings (SSSR count). The van der Waals surface area contributed by atoms with Crippen molar-refractivity contribution in [3.05, 3.63) is 71.0 Å². The molecule has 0 N–H and O–H groups in total. The van der Waals surface area contributed by atoms with Crippen LogP contribution in [0.1, 0.15) is 16.7 Å². The molecule has 1 aliphatic carbocycles. The number of halogens is 1. The number of hydrogen-bond acceptors (Lipinski definition) is 2. The molecule has 0 aromatic heterocycles. The molecule has 1 saturated heterocycles. The van der Waals surface area contributed by atoms with Gasteiger partial charge in [0.05, 0.1) is 12.7 Å². The van der Waals surface area contributed by atoms with Gasteiger partial charge >= 0.3 is 0 Å². The number of fused-ring (bicyclic) bond motifs is 1. The molecule has 1 atom stereocenters. The van der Waals surface area contributed by atoms with Crippen LogP contribution in [0.15, 0.2) is 48.5 Å². The number of rotatable bonds is 3. The summed E-state index contributed by atoms with van der Waals surface area (Å²) in [6, 6.07) is 16.2. The van der Waals surface area contributed by atoms with Gasteiger partial charge in [0, 0.05) is 19.1 Å². The maximum atomic E-state index is 13.0. The fraction of sp³-hybridized carbons (Fsp3) is 0.400. The third-order valence-electron chi connectivity index (χ3n) is 5.09. The van der Waals surface area contributed by atoms with Crippen molar-refractivity contribution in [1.29, 1.82) is 0 Å². The molecule has 2 nitrogen and oxygen atoms in total. The molecule has 1 heterocycles. The molecule has 2 aromatic rings. The zero-order chi connectivity index (χ0) is 15.6. The van der Waals surface area contributed by atoms with Crippen LogP contribution in [0.3, 0.4) is 0 Å². The number of benzene rings is 2. The molecule has 0 bridgehead atoms. The zero-order valence-corrected chi connectivity index (χ0v) is 13.2. The summed E-state index contributed by atoms with van der Waals surface area (Å²) in [5.41, 5.74) is 4.14. The highest BCUT2D eigenvalue weighted by atomic mass is 19.1. The Hall–Kier alpha value is -1.71. The lowest BCUT2D eigenvalue weighted by molar-refractivity contribution is -0.0411. The lowest BCUT2D eigenvalue weighted by atomic mass is 10.0. The fourth-order valence-corrected chi connectivity index (χ4v) is 3.87. The molecule has 3 heteroatoms. The minimum absolute atomic E-state index is 0.177. The van der Waals surface area contributed by atoms with Gasteiger partial charge in [0.15, 0.2) is 0 Å². The summed E-state index contributed by atoms with van der Waals surface area (Å²) in [5.74, 6) is -0.177. The second-order valence-corrected chi connectivity index (χ2v) is 6.65. The number of nitrogens with zero attached hydrogens (tertiary/aromatic N) is 1. The number of ether oxygens (including phenoxy) is 1. The first-order valence-corrected chi connectivity index (χ1v) is 8.45. The number of morpholine rings is 1. The molecule has 0 spiro atoms. The first kappa shape index (κ1) is 14.9. The highest BCUT2D eigenvalue weighted by Gasteiger charge is 2.30. The Labute approximate surface area is 136 Å². The lowest BCUT2D eigenvalue weighted by Gasteiger charge is -2.37. The molecule has 0 amide bonds. The van der Waals surface area contributed by atoms with Gasteiger partial charge in [-0.1, -0.05) is 36.4 Å². The van der Waals surface area contributed by atoms with E-state index < -0.39 is 0 Å². The van der Waals surface area contributed by atoms with Crippen molar-refractivity contribution in [2.45, 2.75) is 31.4 Å². The van der Waals surface area contributed by atoms with E-state index in [1.165, 1.54) is 23.3 Å². The van der Waals surface area contributed by atoms with Crippen LogP contribution in [-0.4, -0.2) is 36.7 Å². The summed E-state index contributed by atoms with van der Waals surface area (Å²) in [6.07, 6.45) is 3.37. The average Bonchev–Trinajstić information content (AvgIpc) is 3.01. The van der Waals surface area contributed by atoms with Gasteiger partial charge in [0.25, 0.3) is 0 Å². The highest BCUT2D eigenvalue weighted by molar-refractivity contribution is 5.33. The van der Waals surface area contributed by atoms with Gasteiger partial charge in [0.1, 0.15) is 5.82 Å². The first-order valence-electron chi connectivity index (χ1n) is 8.45. The van der Waals surface area contributed by atoms with E-state index in [1.54, 1.807) is 0 Å². The lowest BCUT2D eigenvalue weighted by Crippen LogP contribution is -2.48. The molecule has 120 valence electrons. The van der Waals surface area contributed by atoms with Crippen LogP contribution in [0.5, 0.6) is 0 Å². The van der Waals surface area contributed by atoms with Gasteiger partial charge in [-0.3, -0.25) is 4.90 Å². The normalized spacial score (nSPS) is 22.2. The molecule has 2 aliphatic rings. The van der Waals surface area contributed by atoms with Crippen molar-refractivity contribution >= 4 is 0 Å². The summed E-state index contributed by atoms with van der Waals surface area (Å²) in [5, 5.41) is 0. The van der Waals surface area contributed by atoms with Crippen molar-refractivity contribution in [3.63, 3.8) is 0 Å². The second-order valence-electron chi connectivity index (χ2n) is 6.65. The maximum Gasteiger partial charge on any atom is 0.123 e. The summed E-state index contributed by atoms with van der Waals surface area (Å²) in [6.45, 7) is 2.77. The van der Waals surface area contributed by atoms with Crippen LogP contribution in [0.2, 0.25) is 0 Å². The third-order valence-corrected chi connectivity index (χ3v) is 5.09. The first-order chi connectivity index (χ1) is 11.3. The predicted octanol–water partition coefficient (Wildman–Crippen LogP) is 3.24. The van der Waals surface area contributed by atoms with Crippen molar-refractivity contribution in [2.75, 3.05) is 19.7 Å². The van der Waals surface area contributed by atoms with Crippen molar-refractivity contribution in [3.8, 4) is 0 Å². The standard InChI is InChI=1S/C20H22FNO/c21-18-7-5-15(6-8-18)11-20-14-22(9-10-23-20)19-12-16-3-1-2-4-17(16)13-19/h1-8,19-20H,9-14H2/t20-/m0/s1. The topological polar surface area (TPSA) is 12.5 Å². The molecule has 1 fully saturated rings. The van der Waals surface area contributed by atoms with Crippen LogP contribution in [0.25, 0.3) is 0 Å². The molecule has 0 unspecified atom stereocenters. The van der Waals surface area contributed by atoms with E-state index in [1.807, 2.05) is 12.1 Å². The van der Waals surface area contributed by atoms with Crippen LogP contribution in [0, 0.1) is 5.82 Å². The maximum absolute atomic E-state index is 13.0. The minimum atomic E-state index is -0.177. The Morgan fingerprint density at radius 2 is 1.70 bits per heavy atom. The van der Waals surface area contributed by atoms with Gasteiger partial charge in [-0.05, 0) is 48.1 Å². The second kappa shape index (κ2) is 6.42. The molecule has 2 aromatic carbocycles. The van der Waals surface area contributed by atoms with Crippen LogP contribution < -0.4 is 0 Å². The van der Waals surface area contributed by atoms with Gasteiger partial charge in [-0.15, -0.1) is 0 Å². The van der Waals surface area contributed by atoms with Crippen LogP contribution >= 0.6 is 0 Å². The van der Waals surface area contributed by atoms with Crippen LogP contribution in [-0.2, 0) is 24.0 Å². The smallest absolute Gasteiger partial charge is 0.123 e. The number of hydrogen-bond donors (Lipinski definition) is 0. The summed E-state index contributed by atoms with van der Waals surface area (Å²) >= 11 is 0. The van der Waals surface area contributed by atoms with E-state index >= 15 is 0 Å². The molecular formula is C20H22FNO. The Morgan fingerprint density at radius 3 is 2.39 bits per heavy atom. The molecule has 23 heavy (non-hydrogen) atoms. The van der Waals surface area contributed by atoms with E-state index in [2.05, 4.69) is 29.2 Å². The van der Waals surface area contributed by atoms with E-state index in [9.17, 15) is 4.39 Å². The van der Waals surface area contributed by atoms with Gasteiger partial charge < -0.3 is 4.74 Å². The molecule has 1 aliphatic heterocycles. The predicted molar refractivity (Wildman–Crippen MR) is 89.1 cm³/mol. The Balaban J connectivity index is 1.39. The molecule has 0 saturated carbocycles. The average molecular weight is 311 g/mol. The van der Waals surface area contributed by atoms with E-state index in [4.69, 9.17) is 4.74 Å². The highest BCUT2D eigenvalue weighted by Crippen LogP contribution is 2.27. The van der Waals surface area contributed by atoms with E-state index in [0.717, 1.165) is 44.5 Å². The summed E-state index contributed by atoms with van der Waals surface area (Å²) < 4.78 is 19.0. The zero-order valence-electron chi connectivity index (χ0n) is 13.2. The molecular weight excluding hydrogens is 289 g/mol. The fourth-order valence-electron chi connectivity index (χ4n) is 3.87. The van der Waals surface area contributed by atoms with E-state index in [0.29, 0.717) is 6.04 Å². The Kier molecular flexibility index (Phi) is 4.15. The summed E-state index contributed by atoms with van der Waals surface area (Å²) in [4.78, 5) is 2.58. The SMILES string of the molecule is Fc1ccc(C[C@H]2CN(C3Cc4ccccc4C3)CCO2)cc1. The minimum Gasteiger partial charge on any atom is -0.375 e. The summed E-state index contributed by atoms with van der Waals surface area (Å²) in [7, 11) is 0. The monoisotopic (exact) mass is 311 g/mol. The van der Waals surface area contributed by atoms with Gasteiger partial charge in [0.2, 0.25) is 0 Å². The van der Waals surface area contributed by atoms with Gasteiger partial charge in [-0.25, -0.2) is 4.39 Å². The third kappa shape index (κ3) is 3.31. The Bertz CT molecular complexity index is 645.